The van der Waals surface area contributed by atoms with Gasteiger partial charge in [-0.15, -0.1) is 0 Å². The zero-order valence-electron chi connectivity index (χ0n) is 10.4. The highest BCUT2D eigenvalue weighted by molar-refractivity contribution is 5.74. The molecule has 1 heterocycles. The highest BCUT2D eigenvalue weighted by Gasteiger charge is 2.10. The predicted molar refractivity (Wildman–Crippen MR) is 71.5 cm³/mol. The van der Waals surface area contributed by atoms with Gasteiger partial charge in [-0.2, -0.15) is 0 Å². The Kier molecular flexibility index (Phi) is 3.83. The molecule has 0 fully saturated rings. The van der Waals surface area contributed by atoms with Gasteiger partial charge in [0.2, 0.25) is 0 Å². The van der Waals surface area contributed by atoms with Crippen LogP contribution < -0.4 is 5.43 Å². The van der Waals surface area contributed by atoms with Crippen molar-refractivity contribution >= 4 is 5.57 Å². The third kappa shape index (κ3) is 2.68. The first-order valence-corrected chi connectivity index (χ1v) is 6.09. The summed E-state index contributed by atoms with van der Waals surface area (Å²) in [5.74, 6) is 0. The minimum atomic E-state index is 0.988. The first kappa shape index (κ1) is 11.7. The quantitative estimate of drug-likeness (QED) is 0.856. The van der Waals surface area contributed by atoms with Crippen molar-refractivity contribution in [2.45, 2.75) is 13.8 Å². The lowest BCUT2D eigenvalue weighted by atomic mass is 10.1. The summed E-state index contributed by atoms with van der Waals surface area (Å²) in [4.78, 5) is 0. The lowest BCUT2D eigenvalue weighted by Crippen LogP contribution is -2.46. The van der Waals surface area contributed by atoms with Gasteiger partial charge >= 0.3 is 0 Å². The lowest BCUT2D eigenvalue weighted by Gasteiger charge is -2.33. The zero-order chi connectivity index (χ0) is 12.1. The van der Waals surface area contributed by atoms with Crippen molar-refractivity contribution < 1.29 is 0 Å². The van der Waals surface area contributed by atoms with E-state index in [4.69, 9.17) is 0 Å². The molecule has 1 N–H and O–H groups in total. The number of hydrogen-bond acceptors (Lipinski definition) is 3. The summed E-state index contributed by atoms with van der Waals surface area (Å²) in [7, 11) is 0. The van der Waals surface area contributed by atoms with Crippen LogP contribution in [0, 0.1) is 0 Å². The molecule has 3 nitrogen and oxygen atoms in total. The predicted octanol–water partition coefficient (Wildman–Crippen LogP) is 2.62. The van der Waals surface area contributed by atoms with Crippen molar-refractivity contribution in [1.82, 2.24) is 15.6 Å². The van der Waals surface area contributed by atoms with Gasteiger partial charge in [0.05, 0.1) is 0 Å². The van der Waals surface area contributed by atoms with E-state index in [1.807, 2.05) is 17.4 Å². The van der Waals surface area contributed by atoms with E-state index in [1.165, 1.54) is 11.1 Å². The minimum absolute atomic E-state index is 0.988. The van der Waals surface area contributed by atoms with Gasteiger partial charge in [-0.05, 0) is 11.6 Å². The van der Waals surface area contributed by atoms with Crippen LogP contribution >= 0.6 is 0 Å². The number of hydrogen-bond donors (Lipinski definition) is 1. The first-order chi connectivity index (χ1) is 8.35. The molecular weight excluding hydrogens is 210 g/mol. The first-order valence-electron chi connectivity index (χ1n) is 6.09. The van der Waals surface area contributed by atoms with Crippen LogP contribution in [0.1, 0.15) is 19.4 Å². The molecule has 0 aliphatic carbocycles. The second-order valence-corrected chi connectivity index (χ2v) is 3.89. The Morgan fingerprint density at radius 2 is 1.82 bits per heavy atom. The Morgan fingerprint density at radius 3 is 2.35 bits per heavy atom. The van der Waals surface area contributed by atoms with Crippen LogP contribution in [0.3, 0.4) is 0 Å². The molecule has 0 amide bonds. The largest absolute Gasteiger partial charge is 0.291 e. The van der Waals surface area contributed by atoms with E-state index in [-0.39, 0.29) is 0 Å². The highest BCUT2D eigenvalue weighted by Crippen LogP contribution is 2.17. The van der Waals surface area contributed by atoms with Crippen molar-refractivity contribution in [2.24, 2.45) is 0 Å². The molecule has 1 aliphatic rings. The normalized spacial score (nSPS) is 14.8. The van der Waals surface area contributed by atoms with Crippen LogP contribution in [0.2, 0.25) is 0 Å². The van der Waals surface area contributed by atoms with Crippen LogP contribution in [-0.4, -0.2) is 23.2 Å². The number of nitrogens with zero attached hydrogens (tertiary/aromatic N) is 2. The Labute approximate surface area is 103 Å². The molecule has 1 aromatic carbocycles. The Hall–Kier alpha value is -1.74. The Balaban J connectivity index is 2.06. The maximum absolute atomic E-state index is 3.28. The molecule has 3 heteroatoms. The van der Waals surface area contributed by atoms with Gasteiger partial charge in [0, 0.05) is 31.1 Å². The van der Waals surface area contributed by atoms with Gasteiger partial charge in [-0.3, -0.25) is 5.43 Å². The van der Waals surface area contributed by atoms with E-state index in [1.54, 1.807) is 0 Å². The van der Waals surface area contributed by atoms with Gasteiger partial charge in [0.15, 0.2) is 0 Å². The molecule has 2 rings (SSSR count). The van der Waals surface area contributed by atoms with E-state index in [0.717, 1.165) is 13.1 Å². The molecule has 17 heavy (non-hydrogen) atoms. The van der Waals surface area contributed by atoms with Gasteiger partial charge < -0.3 is 0 Å². The molecule has 0 radical (unpaired) electrons. The molecule has 0 aromatic heterocycles. The topological polar surface area (TPSA) is 18.5 Å². The molecule has 0 saturated heterocycles. The fourth-order valence-electron chi connectivity index (χ4n) is 1.89. The summed E-state index contributed by atoms with van der Waals surface area (Å²) in [5, 5.41) is 4.24. The van der Waals surface area contributed by atoms with Gasteiger partial charge in [0.25, 0.3) is 0 Å². The van der Waals surface area contributed by atoms with Crippen molar-refractivity contribution in [2.75, 3.05) is 13.1 Å². The van der Waals surface area contributed by atoms with Crippen molar-refractivity contribution in [3.05, 3.63) is 54.4 Å². The molecule has 1 aromatic rings. The summed E-state index contributed by atoms with van der Waals surface area (Å²) in [6, 6.07) is 10.4. The smallest absolute Gasteiger partial charge is 0.0404 e. The SMILES string of the molecule is CCN(CC)N1C=CC(c2ccccc2)=CN1. The Morgan fingerprint density at radius 1 is 1.12 bits per heavy atom. The van der Waals surface area contributed by atoms with Crippen LogP contribution in [0.5, 0.6) is 0 Å². The fourth-order valence-corrected chi connectivity index (χ4v) is 1.89. The molecule has 0 saturated carbocycles. The van der Waals surface area contributed by atoms with E-state index >= 15 is 0 Å². The van der Waals surface area contributed by atoms with Crippen LogP contribution in [-0.2, 0) is 0 Å². The fraction of sp³-hybridized carbons (Fsp3) is 0.286. The van der Waals surface area contributed by atoms with E-state index in [9.17, 15) is 0 Å². The second-order valence-electron chi connectivity index (χ2n) is 3.89. The number of rotatable bonds is 4. The van der Waals surface area contributed by atoms with E-state index in [0.29, 0.717) is 0 Å². The van der Waals surface area contributed by atoms with Crippen LogP contribution in [0.25, 0.3) is 5.57 Å². The standard InChI is InChI=1S/C14H19N3/c1-3-16(4-2)17-11-10-14(12-15-17)13-8-6-5-7-9-13/h5-12,15H,3-4H2,1-2H3. The monoisotopic (exact) mass is 229 g/mol. The third-order valence-corrected chi connectivity index (χ3v) is 2.89. The van der Waals surface area contributed by atoms with Gasteiger partial charge in [-0.1, -0.05) is 44.2 Å². The molecule has 0 spiro atoms. The molecule has 0 atom stereocenters. The average Bonchev–Trinajstić information content (AvgIpc) is 2.42. The number of benzene rings is 1. The molecule has 1 aliphatic heterocycles. The summed E-state index contributed by atoms with van der Waals surface area (Å²) in [6.07, 6.45) is 6.23. The third-order valence-electron chi connectivity index (χ3n) is 2.89. The Bertz CT molecular complexity index is 405. The molecule has 0 bridgehead atoms. The molecule has 0 unspecified atom stereocenters. The number of nitrogens with one attached hydrogen (secondary N) is 1. The summed E-state index contributed by atoms with van der Waals surface area (Å²) in [6.45, 7) is 6.27. The van der Waals surface area contributed by atoms with Crippen LogP contribution in [0.15, 0.2) is 48.8 Å². The van der Waals surface area contributed by atoms with Gasteiger partial charge in [0.1, 0.15) is 0 Å². The lowest BCUT2D eigenvalue weighted by molar-refractivity contribution is -0.00102. The van der Waals surface area contributed by atoms with Crippen molar-refractivity contribution in [1.29, 1.82) is 0 Å². The van der Waals surface area contributed by atoms with E-state index in [2.05, 4.69) is 60.8 Å². The highest BCUT2D eigenvalue weighted by atomic mass is 15.8. The second kappa shape index (κ2) is 5.55. The average molecular weight is 229 g/mol. The van der Waals surface area contributed by atoms with E-state index < -0.39 is 0 Å². The minimum Gasteiger partial charge on any atom is -0.291 e. The maximum Gasteiger partial charge on any atom is 0.0404 e. The number of allylic oxidation sites excluding steroid dienone is 2. The van der Waals surface area contributed by atoms with Crippen LogP contribution in [0.4, 0.5) is 0 Å². The van der Waals surface area contributed by atoms with Gasteiger partial charge in [-0.25, -0.2) is 10.1 Å². The van der Waals surface area contributed by atoms with Crippen molar-refractivity contribution in [3.63, 3.8) is 0 Å². The molecule has 90 valence electrons. The molecular formula is C14H19N3. The number of hydrazine groups is 2. The summed E-state index contributed by atoms with van der Waals surface area (Å²) >= 11 is 0. The summed E-state index contributed by atoms with van der Waals surface area (Å²) < 4.78 is 0. The summed E-state index contributed by atoms with van der Waals surface area (Å²) in [5.41, 5.74) is 5.71. The maximum atomic E-state index is 3.28. The zero-order valence-corrected chi connectivity index (χ0v) is 10.4. The van der Waals surface area contributed by atoms with Crippen molar-refractivity contribution in [3.8, 4) is 0 Å².